The van der Waals surface area contributed by atoms with E-state index in [1.165, 1.54) is 24.3 Å². The van der Waals surface area contributed by atoms with E-state index in [1.807, 2.05) is 38.1 Å². The Morgan fingerprint density at radius 3 is 2.56 bits per heavy atom. The van der Waals surface area contributed by atoms with Crippen LogP contribution in [0.2, 0.25) is 0 Å². The zero-order chi connectivity index (χ0) is 37.4. The predicted octanol–water partition coefficient (Wildman–Crippen LogP) is 6.04. The number of nitriles is 1. The summed E-state index contributed by atoms with van der Waals surface area (Å²) in [5.74, 6) is -3.38. The molecule has 10 nitrogen and oxygen atoms in total. The van der Waals surface area contributed by atoms with Crippen molar-refractivity contribution in [3.63, 3.8) is 0 Å². The van der Waals surface area contributed by atoms with Gasteiger partial charge >= 0.3 is 11.9 Å². The SMILES string of the molecule is CC[C@H](C)[C@H]1O[C@]2(C=C[C@@H]1C)C[C@@H]1C[C@@H](C/C=C(\C)[C@@H](O)[C@@H](C)/C=C/C=C3\CO[C@@H]4[C@H](OC(=O)c5ccc(C#N)cc5)C(C)=C[C@@H](C(=O)O1)[C@]34O)O2. The van der Waals surface area contributed by atoms with Crippen molar-refractivity contribution in [2.24, 2.45) is 23.7 Å². The Morgan fingerprint density at radius 2 is 1.85 bits per heavy atom. The molecule has 2 fully saturated rings. The van der Waals surface area contributed by atoms with Crippen molar-refractivity contribution < 1.29 is 43.5 Å². The normalized spacial score (nSPS) is 40.9. The van der Waals surface area contributed by atoms with Gasteiger partial charge in [-0.25, -0.2) is 4.79 Å². The maximum absolute atomic E-state index is 14.4. The fraction of sp³-hybridized carbons (Fsp3) is 0.548. The standard InChI is InChI=1S/C42H51NO9/c1-7-24(2)36-27(5)17-18-41(52-36)21-33-20-32(51-41)16-11-26(4)35(44)25(3)9-8-10-31-23-48-38-37(28(6)19-34(40(46)49-33)42(31,38)47)50-39(45)30-14-12-29(22-43)13-15-30/h8-15,17-19,24-25,27,32-38,44,47H,7,16,20-21,23H2,1-6H3/b9-8+,26-11+,31-10+/t24-,25-,27-,32+,33-,34-,35-,36+,37+,38+,41+,42+/m0/s1. The van der Waals surface area contributed by atoms with E-state index in [4.69, 9.17) is 28.9 Å². The monoisotopic (exact) mass is 713 g/mol. The largest absolute Gasteiger partial charge is 0.462 e. The Morgan fingerprint density at radius 1 is 1.10 bits per heavy atom. The topological polar surface area (TPSA) is 145 Å². The molecule has 1 aliphatic carbocycles. The lowest BCUT2D eigenvalue weighted by atomic mass is 9.70. The highest BCUT2D eigenvalue weighted by molar-refractivity contribution is 5.90. The van der Waals surface area contributed by atoms with E-state index in [9.17, 15) is 19.8 Å². The van der Waals surface area contributed by atoms with Crippen molar-refractivity contribution in [2.45, 2.75) is 115 Å². The second-order valence-corrected chi connectivity index (χ2v) is 15.3. The Hall–Kier alpha value is -3.85. The van der Waals surface area contributed by atoms with Gasteiger partial charge in [0.2, 0.25) is 0 Å². The molecule has 2 bridgehead atoms. The van der Waals surface area contributed by atoms with Crippen LogP contribution in [0, 0.1) is 35.0 Å². The number of carbonyl (C=O) groups is 2. The van der Waals surface area contributed by atoms with Crippen LogP contribution in [0.4, 0.5) is 0 Å². The van der Waals surface area contributed by atoms with Gasteiger partial charge < -0.3 is 33.9 Å². The highest BCUT2D eigenvalue weighted by atomic mass is 16.7. The number of carbonyl (C=O) groups excluding carboxylic acids is 2. The van der Waals surface area contributed by atoms with Gasteiger partial charge in [-0.15, -0.1) is 0 Å². The van der Waals surface area contributed by atoms with Gasteiger partial charge in [0.1, 0.15) is 23.7 Å². The third kappa shape index (κ3) is 7.35. The molecule has 0 unspecified atom stereocenters. The van der Waals surface area contributed by atoms with E-state index in [2.05, 4.69) is 26.8 Å². The van der Waals surface area contributed by atoms with Crippen molar-refractivity contribution in [3.8, 4) is 6.07 Å². The number of ether oxygens (including phenoxy) is 5. The molecular formula is C42H51NO9. The maximum Gasteiger partial charge on any atom is 0.338 e. The number of nitrogens with zero attached hydrogens (tertiary/aromatic N) is 1. The smallest absolute Gasteiger partial charge is 0.338 e. The van der Waals surface area contributed by atoms with Crippen LogP contribution in [0.5, 0.6) is 0 Å². The number of esters is 2. The van der Waals surface area contributed by atoms with Gasteiger partial charge in [-0.3, -0.25) is 4.79 Å². The zero-order valence-electron chi connectivity index (χ0n) is 30.9. The number of aliphatic hydroxyl groups excluding tert-OH is 1. The van der Waals surface area contributed by atoms with E-state index in [1.54, 1.807) is 25.2 Å². The van der Waals surface area contributed by atoms with Crippen LogP contribution in [-0.4, -0.2) is 76.8 Å². The summed E-state index contributed by atoms with van der Waals surface area (Å²) in [5.41, 5.74) is 0.477. The van der Waals surface area contributed by atoms with Crippen LogP contribution in [0.1, 0.15) is 83.1 Å². The molecule has 1 spiro atoms. The number of hydrogen-bond acceptors (Lipinski definition) is 10. The summed E-state index contributed by atoms with van der Waals surface area (Å²) in [6.45, 7) is 11.9. The summed E-state index contributed by atoms with van der Waals surface area (Å²) in [5, 5.41) is 33.1. The van der Waals surface area contributed by atoms with Crippen molar-refractivity contribution in [1.82, 2.24) is 0 Å². The van der Waals surface area contributed by atoms with E-state index in [-0.39, 0.29) is 48.6 Å². The molecule has 52 heavy (non-hydrogen) atoms. The molecule has 2 saturated heterocycles. The molecule has 2 N–H and O–H groups in total. The number of aliphatic hydroxyl groups is 2. The highest BCUT2D eigenvalue weighted by Crippen LogP contribution is 2.48. The number of allylic oxidation sites excluding steroid dienone is 2. The minimum absolute atomic E-state index is 0.0204. The first-order chi connectivity index (χ1) is 24.8. The lowest BCUT2D eigenvalue weighted by Crippen LogP contribution is -2.59. The molecule has 278 valence electrons. The van der Waals surface area contributed by atoms with Gasteiger partial charge in [0.05, 0.1) is 42.1 Å². The Labute approximate surface area is 306 Å². The van der Waals surface area contributed by atoms with Crippen molar-refractivity contribution in [3.05, 3.63) is 94.6 Å². The second kappa shape index (κ2) is 15.2. The van der Waals surface area contributed by atoms with Crippen LogP contribution in [-0.2, 0) is 28.5 Å². The number of benzene rings is 1. The van der Waals surface area contributed by atoms with Gasteiger partial charge in [0.25, 0.3) is 0 Å². The summed E-state index contributed by atoms with van der Waals surface area (Å²) in [6.07, 6.45) is 11.1. The molecule has 6 rings (SSSR count). The molecular weight excluding hydrogens is 662 g/mol. The lowest BCUT2D eigenvalue weighted by Gasteiger charge is -2.48. The van der Waals surface area contributed by atoms with E-state index in [0.29, 0.717) is 29.6 Å². The quantitative estimate of drug-likeness (QED) is 0.280. The van der Waals surface area contributed by atoms with Crippen molar-refractivity contribution in [2.75, 3.05) is 6.61 Å². The van der Waals surface area contributed by atoms with Gasteiger partial charge in [-0.1, -0.05) is 70.6 Å². The van der Waals surface area contributed by atoms with E-state index < -0.39 is 53.7 Å². The average Bonchev–Trinajstić information content (AvgIpc) is 3.47. The minimum Gasteiger partial charge on any atom is -0.462 e. The van der Waals surface area contributed by atoms with E-state index in [0.717, 1.165) is 12.0 Å². The summed E-state index contributed by atoms with van der Waals surface area (Å²) in [4.78, 5) is 27.7. The zero-order valence-corrected chi connectivity index (χ0v) is 30.9. The molecule has 10 heteroatoms. The number of fused-ring (bicyclic) bond motifs is 2. The fourth-order valence-corrected chi connectivity index (χ4v) is 8.16. The van der Waals surface area contributed by atoms with E-state index >= 15 is 0 Å². The Balaban J connectivity index is 1.37. The molecule has 4 heterocycles. The summed E-state index contributed by atoms with van der Waals surface area (Å²) in [7, 11) is 0. The van der Waals surface area contributed by atoms with Crippen LogP contribution < -0.4 is 0 Å². The molecule has 1 aromatic rings. The van der Waals surface area contributed by atoms with Crippen molar-refractivity contribution in [1.29, 1.82) is 5.26 Å². The number of hydrogen-bond donors (Lipinski definition) is 2. The van der Waals surface area contributed by atoms with Gasteiger partial charge in [-0.2, -0.15) is 5.26 Å². The molecule has 5 aliphatic rings. The first kappa shape index (κ1) is 37.9. The third-order valence-electron chi connectivity index (χ3n) is 11.5. The molecule has 1 aromatic carbocycles. The summed E-state index contributed by atoms with van der Waals surface area (Å²) < 4.78 is 32.0. The first-order valence-electron chi connectivity index (χ1n) is 18.5. The fourth-order valence-electron chi connectivity index (χ4n) is 8.16. The lowest BCUT2D eigenvalue weighted by molar-refractivity contribution is -0.300. The summed E-state index contributed by atoms with van der Waals surface area (Å²) >= 11 is 0. The molecule has 0 amide bonds. The third-order valence-corrected chi connectivity index (χ3v) is 11.5. The Kier molecular flexibility index (Phi) is 11.1. The molecule has 4 aliphatic heterocycles. The van der Waals surface area contributed by atoms with Crippen LogP contribution in [0.25, 0.3) is 0 Å². The minimum atomic E-state index is -1.91. The van der Waals surface area contributed by atoms with Gasteiger partial charge in [0, 0.05) is 24.7 Å². The molecule has 0 aromatic heterocycles. The molecule has 0 radical (unpaired) electrons. The summed E-state index contributed by atoms with van der Waals surface area (Å²) in [6, 6.07) is 8.10. The molecule has 0 saturated carbocycles. The van der Waals surface area contributed by atoms with Crippen molar-refractivity contribution >= 4 is 11.9 Å². The molecule has 12 atom stereocenters. The van der Waals surface area contributed by atoms with Gasteiger partial charge in [-0.05, 0) is 73.2 Å². The van der Waals surface area contributed by atoms with Crippen LogP contribution >= 0.6 is 0 Å². The highest BCUT2D eigenvalue weighted by Gasteiger charge is 2.61. The Bertz CT molecular complexity index is 1720. The van der Waals surface area contributed by atoms with Crippen LogP contribution in [0.3, 0.4) is 0 Å². The van der Waals surface area contributed by atoms with Gasteiger partial charge in [0.15, 0.2) is 11.9 Å². The predicted molar refractivity (Wildman–Crippen MR) is 192 cm³/mol. The first-order valence-corrected chi connectivity index (χ1v) is 18.5. The average molecular weight is 714 g/mol. The maximum atomic E-state index is 14.4. The number of rotatable bonds is 4. The van der Waals surface area contributed by atoms with Crippen LogP contribution in [0.15, 0.2) is 83.5 Å². The second-order valence-electron chi connectivity index (χ2n) is 15.3.